The highest BCUT2D eigenvalue weighted by Gasteiger charge is 2.55. The molecular formula is C52H77NO15. The van der Waals surface area contributed by atoms with Gasteiger partial charge in [0, 0.05) is 38.4 Å². The number of carbonyl (C=O) groups excluding carboxylic acids is 4. The molecule has 3 fully saturated rings. The second-order valence-electron chi connectivity index (χ2n) is 20.1. The van der Waals surface area contributed by atoms with Crippen LogP contribution >= 0.6 is 0 Å². The van der Waals surface area contributed by atoms with Gasteiger partial charge in [0.2, 0.25) is 0 Å². The van der Waals surface area contributed by atoms with E-state index in [1.807, 2.05) is 32.8 Å². The number of carbonyl (C=O) groups is 4. The van der Waals surface area contributed by atoms with Crippen LogP contribution in [-0.2, 0) is 52.2 Å². The number of methoxy groups -OCH3 is 2. The fourth-order valence-corrected chi connectivity index (χ4v) is 10.4. The lowest BCUT2D eigenvalue weighted by atomic mass is 9.74. The molecule has 2 aromatic carbocycles. The molecule has 0 unspecified atom stereocenters. The zero-order valence-electron chi connectivity index (χ0n) is 42.4. The molecule has 0 spiro atoms. The van der Waals surface area contributed by atoms with Gasteiger partial charge in [0.1, 0.15) is 23.1 Å². The molecule has 0 bridgehead atoms. The van der Waals surface area contributed by atoms with E-state index in [1.54, 1.807) is 109 Å². The van der Waals surface area contributed by atoms with Crippen molar-refractivity contribution in [1.29, 1.82) is 0 Å². The monoisotopic (exact) mass is 956 g/mol. The largest absolute Gasteiger partial charge is 0.459 e. The number of likely N-dealkylation sites (N-methyl/N-ethyl adjacent to an activating group) is 1. The van der Waals surface area contributed by atoms with E-state index in [9.17, 15) is 29.4 Å². The van der Waals surface area contributed by atoms with Crippen LogP contribution in [0.5, 0.6) is 0 Å². The first-order chi connectivity index (χ1) is 31.9. The molecule has 18 atom stereocenters. The Bertz CT molecular complexity index is 1980. The Morgan fingerprint density at radius 3 is 1.82 bits per heavy atom. The van der Waals surface area contributed by atoms with E-state index < -0.39 is 114 Å². The molecule has 0 aliphatic carbocycles. The van der Waals surface area contributed by atoms with Crippen molar-refractivity contribution in [2.24, 2.45) is 23.7 Å². The molecule has 380 valence electrons. The Balaban J connectivity index is 1.62. The molecule has 16 nitrogen and oxygen atoms in total. The van der Waals surface area contributed by atoms with Gasteiger partial charge >= 0.3 is 17.9 Å². The summed E-state index contributed by atoms with van der Waals surface area (Å²) in [4.78, 5) is 58.2. The van der Waals surface area contributed by atoms with Crippen LogP contribution in [-0.4, -0.2) is 151 Å². The van der Waals surface area contributed by atoms with Crippen LogP contribution in [0.4, 0.5) is 0 Å². The maximum atomic E-state index is 14.7. The molecule has 5 rings (SSSR count). The van der Waals surface area contributed by atoms with Gasteiger partial charge in [0.15, 0.2) is 24.8 Å². The minimum absolute atomic E-state index is 0.0420. The van der Waals surface area contributed by atoms with Gasteiger partial charge in [-0.15, -0.1) is 0 Å². The molecule has 68 heavy (non-hydrogen) atoms. The van der Waals surface area contributed by atoms with Crippen molar-refractivity contribution in [3.63, 3.8) is 0 Å². The fourth-order valence-electron chi connectivity index (χ4n) is 10.4. The Labute approximate surface area is 402 Å². The van der Waals surface area contributed by atoms with Gasteiger partial charge in [-0.3, -0.25) is 9.59 Å². The minimum Gasteiger partial charge on any atom is -0.459 e. The van der Waals surface area contributed by atoms with Gasteiger partial charge in [0.05, 0.1) is 59.2 Å². The number of aliphatic hydroxyl groups is 2. The number of rotatable bonds is 12. The summed E-state index contributed by atoms with van der Waals surface area (Å²) in [5.74, 6) is -6.04. The van der Waals surface area contributed by atoms with Gasteiger partial charge in [-0.25, -0.2) is 9.59 Å². The highest BCUT2D eigenvalue weighted by molar-refractivity contribution is 5.90. The van der Waals surface area contributed by atoms with Crippen molar-refractivity contribution in [2.75, 3.05) is 28.3 Å². The molecule has 3 saturated heterocycles. The Hall–Kier alpha value is -3.84. The third kappa shape index (κ3) is 12.2. The van der Waals surface area contributed by atoms with Crippen LogP contribution in [0.25, 0.3) is 0 Å². The number of hydrogen-bond acceptors (Lipinski definition) is 16. The topological polar surface area (TPSA) is 195 Å². The third-order valence-electron chi connectivity index (χ3n) is 14.7. The predicted molar refractivity (Wildman–Crippen MR) is 250 cm³/mol. The fraction of sp³-hybridized carbons (Fsp3) is 0.692. The SMILES string of the molecule is CC[C@H]1OC(=O)[C@H](C)[C@@H](O[C@H]2C[C@@](C)(OC)[C@@H](OC(=O)c3ccccc3)[C@H](C)O2)[C@H](C)[C@@H](O[C@@H]2O[C@H](C)C[C@H](N(C)C)[C@H]2OC(=O)c2ccccc2)[C@@](C)(OC)C[C@@H](C)C(=O)[C@H](C)[C@@H](O)[C@]1(C)O. The lowest BCUT2D eigenvalue weighted by Gasteiger charge is -2.50. The highest BCUT2D eigenvalue weighted by Crippen LogP contribution is 2.43. The van der Waals surface area contributed by atoms with Crippen LogP contribution in [0.3, 0.4) is 0 Å². The molecule has 0 radical (unpaired) electrons. The maximum Gasteiger partial charge on any atom is 0.338 e. The molecule has 0 amide bonds. The van der Waals surface area contributed by atoms with Crippen molar-refractivity contribution < 1.29 is 72.0 Å². The Morgan fingerprint density at radius 1 is 0.750 bits per heavy atom. The van der Waals surface area contributed by atoms with Gasteiger partial charge in [-0.05, 0) is 99.2 Å². The van der Waals surface area contributed by atoms with E-state index in [2.05, 4.69) is 0 Å². The number of cyclic esters (lactones) is 1. The smallest absolute Gasteiger partial charge is 0.338 e. The first kappa shape index (κ1) is 55.1. The van der Waals surface area contributed by atoms with Crippen LogP contribution in [0.15, 0.2) is 60.7 Å². The average molecular weight is 956 g/mol. The first-order valence-electron chi connectivity index (χ1n) is 24.0. The third-order valence-corrected chi connectivity index (χ3v) is 14.7. The van der Waals surface area contributed by atoms with Crippen LogP contribution in [0, 0.1) is 23.7 Å². The summed E-state index contributed by atoms with van der Waals surface area (Å²) in [5.41, 5.74) is -3.84. The van der Waals surface area contributed by atoms with Gasteiger partial charge in [-0.2, -0.15) is 0 Å². The molecular weight excluding hydrogens is 879 g/mol. The summed E-state index contributed by atoms with van der Waals surface area (Å²) in [6.07, 6.45) is -9.59. The van der Waals surface area contributed by atoms with Crippen molar-refractivity contribution >= 4 is 23.7 Å². The lowest BCUT2D eigenvalue weighted by molar-refractivity contribution is -0.318. The molecule has 3 heterocycles. The molecule has 0 aromatic heterocycles. The van der Waals surface area contributed by atoms with E-state index in [0.717, 1.165) is 0 Å². The lowest BCUT2D eigenvalue weighted by Crippen LogP contribution is -2.62. The molecule has 2 aromatic rings. The molecule has 0 saturated carbocycles. The summed E-state index contributed by atoms with van der Waals surface area (Å²) < 4.78 is 58.3. The molecule has 3 aliphatic heterocycles. The van der Waals surface area contributed by atoms with Crippen molar-refractivity contribution in [3.05, 3.63) is 71.8 Å². The van der Waals surface area contributed by atoms with Crippen molar-refractivity contribution in [1.82, 2.24) is 4.90 Å². The molecule has 3 aliphatic rings. The normalized spacial score (nSPS) is 39.9. The average Bonchev–Trinajstić information content (AvgIpc) is 3.31. The second-order valence-corrected chi connectivity index (χ2v) is 20.1. The van der Waals surface area contributed by atoms with Crippen LogP contribution in [0.2, 0.25) is 0 Å². The van der Waals surface area contributed by atoms with E-state index >= 15 is 0 Å². The van der Waals surface area contributed by atoms with E-state index in [-0.39, 0.29) is 37.2 Å². The Kier molecular flexibility index (Phi) is 18.6. The van der Waals surface area contributed by atoms with Crippen molar-refractivity contribution in [3.8, 4) is 0 Å². The van der Waals surface area contributed by atoms with Crippen molar-refractivity contribution in [2.45, 2.75) is 179 Å². The number of aliphatic hydroxyl groups excluding tert-OH is 1. The number of ether oxygens (including phenoxy) is 9. The summed E-state index contributed by atoms with van der Waals surface area (Å²) in [5, 5.41) is 23.6. The number of hydrogen-bond donors (Lipinski definition) is 2. The summed E-state index contributed by atoms with van der Waals surface area (Å²) in [6, 6.07) is 16.9. The van der Waals surface area contributed by atoms with Crippen LogP contribution < -0.4 is 0 Å². The number of nitrogens with zero attached hydrogens (tertiary/aromatic N) is 1. The predicted octanol–water partition coefficient (Wildman–Crippen LogP) is 6.17. The standard InChI is InChI=1S/C52H77NO15/c1-15-38-52(10,59)43(55)31(4)40(54)29(2)27-50(8,60-13)44(68-49-42(37(53(11)12)26-30(3)62-49)66-47(57)35-22-18-16-19-23-35)32(5)41(33(6)46(56)64-38)65-39-28-51(9,61-14)45(34(7)63-39)67-48(58)36-24-20-17-21-25-36/h16-25,29-34,37-39,41-45,49,55,59H,15,26-28H2,1-14H3/t29-,30-,31+,32+,33-,34+,37+,38-,39+,41+,42-,43-,44-,45+,49+,50+,51-,52-/m1/s1. The molecule has 2 N–H and O–H groups in total. The second kappa shape index (κ2) is 22.9. The summed E-state index contributed by atoms with van der Waals surface area (Å²) >= 11 is 0. The summed E-state index contributed by atoms with van der Waals surface area (Å²) in [7, 11) is 6.79. The molecule has 16 heteroatoms. The number of esters is 3. The first-order valence-corrected chi connectivity index (χ1v) is 24.0. The van der Waals surface area contributed by atoms with Gasteiger partial charge < -0.3 is 57.7 Å². The van der Waals surface area contributed by atoms with E-state index in [1.165, 1.54) is 21.1 Å². The Morgan fingerprint density at radius 2 is 1.29 bits per heavy atom. The zero-order chi connectivity index (χ0) is 50.5. The summed E-state index contributed by atoms with van der Waals surface area (Å²) in [6.45, 7) is 17.1. The maximum absolute atomic E-state index is 14.7. The van der Waals surface area contributed by atoms with E-state index in [4.69, 9.17) is 42.6 Å². The van der Waals surface area contributed by atoms with Gasteiger partial charge in [-0.1, -0.05) is 64.1 Å². The van der Waals surface area contributed by atoms with Gasteiger partial charge in [0.25, 0.3) is 0 Å². The minimum atomic E-state index is -2.03. The van der Waals surface area contributed by atoms with E-state index in [0.29, 0.717) is 17.5 Å². The number of benzene rings is 2. The highest BCUT2D eigenvalue weighted by atomic mass is 16.7. The van der Waals surface area contributed by atoms with Crippen LogP contribution in [0.1, 0.15) is 116 Å². The zero-order valence-corrected chi connectivity index (χ0v) is 42.4. The number of ketones is 1. The number of Topliss-reactive ketones (excluding diaryl/α,β-unsaturated/α-hetero) is 1. The quantitative estimate of drug-likeness (QED) is 0.181.